The lowest BCUT2D eigenvalue weighted by Gasteiger charge is -2.18. The first-order valence-corrected chi connectivity index (χ1v) is 8.62. The number of ketones is 1. The maximum absolute atomic E-state index is 12.9. The second-order valence-electron chi connectivity index (χ2n) is 5.55. The molecular weight excluding hydrogens is 371 g/mol. The molecule has 0 bridgehead atoms. The average Bonchev–Trinajstić information content (AvgIpc) is 2.67. The largest absolute Gasteiger partial charge is 0.445 e. The zero-order chi connectivity index (χ0) is 18.5. The van der Waals surface area contributed by atoms with Gasteiger partial charge in [-0.05, 0) is 18.2 Å². The maximum Gasteiger partial charge on any atom is 0.340 e. The highest BCUT2D eigenvalue weighted by molar-refractivity contribution is 6.36. The Labute approximate surface area is 161 Å². The van der Waals surface area contributed by atoms with Crippen LogP contribution in [-0.4, -0.2) is 11.8 Å². The SMILES string of the molecule is O=C(O[C@@H](C(=O)c1ccccc1)c1ccccc1)c1ccc(Cl)cc1Cl. The van der Waals surface area contributed by atoms with Crippen molar-refractivity contribution in [1.82, 2.24) is 0 Å². The van der Waals surface area contributed by atoms with Crippen molar-refractivity contribution < 1.29 is 14.3 Å². The lowest BCUT2D eigenvalue weighted by atomic mass is 10.00. The minimum Gasteiger partial charge on any atom is -0.445 e. The highest BCUT2D eigenvalue weighted by Crippen LogP contribution is 2.27. The molecule has 0 aromatic heterocycles. The molecule has 0 amide bonds. The third-order valence-electron chi connectivity index (χ3n) is 3.77. The number of hydrogen-bond donors (Lipinski definition) is 0. The van der Waals surface area contributed by atoms with Gasteiger partial charge in [0.25, 0.3) is 0 Å². The monoisotopic (exact) mass is 384 g/mol. The lowest BCUT2D eigenvalue weighted by molar-refractivity contribution is 0.0280. The molecule has 0 fully saturated rings. The van der Waals surface area contributed by atoms with Gasteiger partial charge in [0.1, 0.15) is 0 Å². The first kappa shape index (κ1) is 18.2. The quantitative estimate of drug-likeness (QED) is 0.413. The van der Waals surface area contributed by atoms with Gasteiger partial charge in [-0.25, -0.2) is 4.79 Å². The molecule has 0 unspecified atom stereocenters. The topological polar surface area (TPSA) is 43.4 Å². The molecule has 3 aromatic carbocycles. The zero-order valence-electron chi connectivity index (χ0n) is 13.6. The van der Waals surface area contributed by atoms with E-state index in [1.807, 2.05) is 12.1 Å². The number of benzene rings is 3. The molecule has 0 N–H and O–H groups in total. The number of hydrogen-bond acceptors (Lipinski definition) is 3. The van der Waals surface area contributed by atoms with Gasteiger partial charge in [-0.15, -0.1) is 0 Å². The van der Waals surface area contributed by atoms with Crippen molar-refractivity contribution in [3.8, 4) is 0 Å². The number of rotatable bonds is 5. The van der Waals surface area contributed by atoms with Crippen LogP contribution >= 0.6 is 23.2 Å². The second kappa shape index (κ2) is 8.17. The van der Waals surface area contributed by atoms with E-state index in [9.17, 15) is 9.59 Å². The molecule has 3 aromatic rings. The van der Waals surface area contributed by atoms with Gasteiger partial charge in [-0.2, -0.15) is 0 Å². The highest BCUT2D eigenvalue weighted by atomic mass is 35.5. The van der Waals surface area contributed by atoms with Crippen molar-refractivity contribution >= 4 is 35.0 Å². The Bertz CT molecular complexity index is 925. The van der Waals surface area contributed by atoms with Crippen LogP contribution in [0.3, 0.4) is 0 Å². The van der Waals surface area contributed by atoms with Gasteiger partial charge in [0.2, 0.25) is 5.78 Å². The van der Waals surface area contributed by atoms with Crippen molar-refractivity contribution in [1.29, 1.82) is 0 Å². The van der Waals surface area contributed by atoms with Crippen LogP contribution < -0.4 is 0 Å². The van der Waals surface area contributed by atoms with Crippen LogP contribution in [0.25, 0.3) is 0 Å². The summed E-state index contributed by atoms with van der Waals surface area (Å²) in [6, 6.07) is 22.0. The molecule has 26 heavy (non-hydrogen) atoms. The summed E-state index contributed by atoms with van der Waals surface area (Å²) in [4.78, 5) is 25.5. The van der Waals surface area contributed by atoms with E-state index in [4.69, 9.17) is 27.9 Å². The van der Waals surface area contributed by atoms with Crippen LogP contribution in [-0.2, 0) is 4.74 Å². The van der Waals surface area contributed by atoms with Crippen molar-refractivity contribution in [3.05, 3.63) is 106 Å². The molecule has 0 saturated carbocycles. The van der Waals surface area contributed by atoms with Gasteiger partial charge >= 0.3 is 5.97 Å². The van der Waals surface area contributed by atoms with E-state index in [1.165, 1.54) is 12.1 Å². The van der Waals surface area contributed by atoms with Gasteiger partial charge in [0.15, 0.2) is 6.10 Å². The Morgan fingerprint density at radius 2 is 1.42 bits per heavy atom. The van der Waals surface area contributed by atoms with E-state index in [-0.39, 0.29) is 16.4 Å². The summed E-state index contributed by atoms with van der Waals surface area (Å²) in [6.07, 6.45) is -1.07. The number of carbonyl (C=O) groups is 2. The predicted octanol–water partition coefficient (Wildman–Crippen LogP) is 5.77. The van der Waals surface area contributed by atoms with E-state index in [0.717, 1.165) is 0 Å². The van der Waals surface area contributed by atoms with Crippen LogP contribution in [0.1, 0.15) is 32.4 Å². The van der Waals surface area contributed by atoms with Crippen LogP contribution in [0.15, 0.2) is 78.9 Å². The van der Waals surface area contributed by atoms with Crippen LogP contribution in [0, 0.1) is 0 Å². The Balaban J connectivity index is 1.94. The van der Waals surface area contributed by atoms with Gasteiger partial charge in [-0.1, -0.05) is 83.9 Å². The number of carbonyl (C=O) groups excluding carboxylic acids is 2. The minimum atomic E-state index is -1.07. The fourth-order valence-corrected chi connectivity index (χ4v) is 2.97. The van der Waals surface area contributed by atoms with Crippen molar-refractivity contribution in [2.24, 2.45) is 0 Å². The van der Waals surface area contributed by atoms with Crippen molar-refractivity contribution in [2.75, 3.05) is 0 Å². The van der Waals surface area contributed by atoms with Crippen LogP contribution in [0.4, 0.5) is 0 Å². The van der Waals surface area contributed by atoms with E-state index in [2.05, 4.69) is 0 Å². The van der Waals surface area contributed by atoms with Crippen LogP contribution in [0.5, 0.6) is 0 Å². The molecule has 0 aliphatic rings. The number of halogens is 2. The molecule has 3 rings (SSSR count). The van der Waals surface area contributed by atoms with Crippen molar-refractivity contribution in [2.45, 2.75) is 6.10 Å². The molecule has 5 heteroatoms. The summed E-state index contributed by atoms with van der Waals surface area (Å²) >= 11 is 11.9. The normalized spacial score (nSPS) is 11.6. The first-order valence-electron chi connectivity index (χ1n) is 7.86. The zero-order valence-corrected chi connectivity index (χ0v) is 15.1. The summed E-state index contributed by atoms with van der Waals surface area (Å²) in [5.74, 6) is -1.000. The fourth-order valence-electron chi connectivity index (χ4n) is 2.48. The summed E-state index contributed by atoms with van der Waals surface area (Å²) in [7, 11) is 0. The van der Waals surface area contributed by atoms with E-state index >= 15 is 0 Å². The molecule has 0 radical (unpaired) electrons. The highest BCUT2D eigenvalue weighted by Gasteiger charge is 2.27. The summed E-state index contributed by atoms with van der Waals surface area (Å²) in [6.45, 7) is 0. The Morgan fingerprint density at radius 1 is 0.808 bits per heavy atom. The molecule has 3 nitrogen and oxygen atoms in total. The van der Waals surface area contributed by atoms with Crippen molar-refractivity contribution in [3.63, 3.8) is 0 Å². The Kier molecular flexibility index (Phi) is 5.71. The number of esters is 1. The van der Waals surface area contributed by atoms with Gasteiger partial charge in [0.05, 0.1) is 10.6 Å². The van der Waals surface area contributed by atoms with E-state index < -0.39 is 12.1 Å². The maximum atomic E-state index is 12.9. The molecule has 0 spiro atoms. The number of Topliss-reactive ketones (excluding diaryl/α,β-unsaturated/α-hetero) is 1. The van der Waals surface area contributed by atoms with E-state index in [0.29, 0.717) is 16.1 Å². The molecule has 0 aliphatic carbocycles. The molecular formula is C21H14Cl2O3. The standard InChI is InChI=1S/C21H14Cl2O3/c22-16-11-12-17(18(23)13-16)21(25)26-20(15-9-5-2-6-10-15)19(24)14-7-3-1-4-8-14/h1-13,20H/t20-/m1/s1. The fraction of sp³-hybridized carbons (Fsp3) is 0.0476. The molecule has 0 aliphatic heterocycles. The number of ether oxygens (including phenoxy) is 1. The van der Waals surface area contributed by atoms with Gasteiger partial charge in [0, 0.05) is 16.1 Å². The third kappa shape index (κ3) is 4.13. The predicted molar refractivity (Wildman–Crippen MR) is 102 cm³/mol. The van der Waals surface area contributed by atoms with Crippen LogP contribution in [0.2, 0.25) is 10.0 Å². The third-order valence-corrected chi connectivity index (χ3v) is 4.32. The smallest absolute Gasteiger partial charge is 0.340 e. The summed E-state index contributed by atoms with van der Waals surface area (Å²) in [5.41, 5.74) is 1.19. The summed E-state index contributed by atoms with van der Waals surface area (Å²) in [5, 5.41) is 0.577. The Morgan fingerprint density at radius 3 is 2.04 bits per heavy atom. The minimum absolute atomic E-state index is 0.151. The Hall–Kier alpha value is -2.62. The second-order valence-corrected chi connectivity index (χ2v) is 6.39. The molecule has 0 heterocycles. The average molecular weight is 385 g/mol. The van der Waals surface area contributed by atoms with Gasteiger partial charge < -0.3 is 4.74 Å². The molecule has 1 atom stereocenters. The van der Waals surface area contributed by atoms with E-state index in [1.54, 1.807) is 54.6 Å². The molecule has 130 valence electrons. The summed E-state index contributed by atoms with van der Waals surface area (Å²) < 4.78 is 5.54. The lowest BCUT2D eigenvalue weighted by Crippen LogP contribution is -2.20. The van der Waals surface area contributed by atoms with Gasteiger partial charge in [-0.3, -0.25) is 4.79 Å². The first-order chi connectivity index (χ1) is 12.6. The molecule has 0 saturated heterocycles.